The minimum absolute atomic E-state index is 0. The van der Waals surface area contributed by atoms with E-state index in [0.717, 1.165) is 40.8 Å². The fraction of sp³-hybridized carbons (Fsp3) is 0.222. The summed E-state index contributed by atoms with van der Waals surface area (Å²) in [5.41, 5.74) is 3.28. The molecule has 0 aliphatic carbocycles. The largest absolute Gasteiger partial charge is 1.00 e. The van der Waals surface area contributed by atoms with Crippen LogP contribution in [0.4, 0.5) is 4.39 Å². The number of hydrogen-bond donors (Lipinski definition) is 2. The van der Waals surface area contributed by atoms with Gasteiger partial charge in [-0.05, 0) is 54.8 Å². The Labute approximate surface area is 241 Å². The van der Waals surface area contributed by atoms with E-state index in [1.54, 1.807) is 12.1 Å². The van der Waals surface area contributed by atoms with E-state index in [0.29, 0.717) is 19.3 Å². The van der Waals surface area contributed by atoms with Gasteiger partial charge in [-0.15, -0.1) is 5.56 Å². The van der Waals surface area contributed by atoms with Crippen molar-refractivity contribution in [3.8, 4) is 16.9 Å². The van der Waals surface area contributed by atoms with Crippen LogP contribution in [0, 0.1) is 11.9 Å². The van der Waals surface area contributed by atoms with E-state index >= 15 is 0 Å². The van der Waals surface area contributed by atoms with Crippen LogP contribution in [0.15, 0.2) is 77.4 Å². The first-order valence-electron chi connectivity index (χ1n) is 10.7. The number of ether oxygens (including phenoxy) is 1. The zero-order valence-electron chi connectivity index (χ0n) is 19.3. The summed E-state index contributed by atoms with van der Waals surface area (Å²) >= 11 is 0. The molecule has 1 fully saturated rings. The molecule has 0 radical (unpaired) electrons. The molecule has 2 N–H and O–H groups in total. The van der Waals surface area contributed by atoms with E-state index in [1.807, 2.05) is 55.3 Å². The third-order valence-electron chi connectivity index (χ3n) is 5.29. The van der Waals surface area contributed by atoms with Crippen LogP contribution in [0.2, 0.25) is 0 Å². The normalized spacial score (nSPS) is 14.2. The molecule has 0 bridgehead atoms. The van der Waals surface area contributed by atoms with E-state index in [1.165, 1.54) is 18.8 Å². The molecule has 1 aliphatic rings. The first-order valence-corrected chi connectivity index (χ1v) is 10.7. The Morgan fingerprint density at radius 1 is 1.15 bits per heavy atom. The number of hydrogen-bond acceptors (Lipinski definition) is 5. The maximum absolute atomic E-state index is 13.7. The summed E-state index contributed by atoms with van der Waals surface area (Å²) in [6.07, 6.45) is 3.88. The second-order valence-corrected chi connectivity index (χ2v) is 7.46. The third-order valence-corrected chi connectivity index (χ3v) is 5.29. The van der Waals surface area contributed by atoms with Crippen molar-refractivity contribution in [1.82, 2.24) is 5.32 Å². The van der Waals surface area contributed by atoms with Crippen LogP contribution in [-0.2, 0) is 11.4 Å². The Kier molecular flexibility index (Phi) is 12.7. The van der Waals surface area contributed by atoms with Crippen molar-refractivity contribution < 1.29 is 74.8 Å². The second-order valence-electron chi connectivity index (χ2n) is 7.46. The van der Waals surface area contributed by atoms with E-state index in [-0.39, 0.29) is 62.8 Å². The molecule has 4 aromatic rings. The van der Waals surface area contributed by atoms with E-state index in [9.17, 15) is 4.39 Å². The molecule has 2 heterocycles. The van der Waals surface area contributed by atoms with Crippen LogP contribution >= 0.6 is 0 Å². The second kappa shape index (κ2) is 15.2. The summed E-state index contributed by atoms with van der Waals surface area (Å²) in [5.74, 6) is 0.437. The molecular weight excluding hydrogens is 460 g/mol. The standard InChI is InChI=1S/C21H14FO2.C5H11NO.CH2O.K/c22-20-11-10-18(19-12-13-23-21(19)20)16-6-8-17(9-7-16)24-14-15-4-2-1-3-5-15;7-4-5-2-1-3-6-5;1-2;/h1-2,4-13H,14H2;5-7H,1-4H2;1H2;/q-1;;;+1. The molecule has 0 amide bonds. The van der Waals surface area contributed by atoms with E-state index in [2.05, 4.69) is 11.4 Å². The number of aliphatic hydroxyl groups excluding tert-OH is 1. The van der Waals surface area contributed by atoms with Crippen molar-refractivity contribution in [2.75, 3.05) is 13.2 Å². The molecule has 1 unspecified atom stereocenters. The molecule has 172 valence electrons. The van der Waals surface area contributed by atoms with Gasteiger partial charge in [0.15, 0.2) is 11.4 Å². The predicted molar refractivity (Wildman–Crippen MR) is 126 cm³/mol. The number of rotatable bonds is 5. The van der Waals surface area contributed by atoms with Crippen LogP contribution in [0.1, 0.15) is 18.4 Å². The monoisotopic (exact) mass is 487 g/mol. The summed E-state index contributed by atoms with van der Waals surface area (Å²) in [4.78, 5) is 8.00. The van der Waals surface area contributed by atoms with Gasteiger partial charge < -0.3 is 24.4 Å². The first kappa shape index (κ1) is 28.4. The molecule has 1 atom stereocenters. The van der Waals surface area contributed by atoms with Crippen molar-refractivity contribution in [1.29, 1.82) is 0 Å². The molecule has 1 aliphatic heterocycles. The summed E-state index contributed by atoms with van der Waals surface area (Å²) in [7, 11) is 0. The van der Waals surface area contributed by atoms with Gasteiger partial charge in [-0.3, -0.25) is 0 Å². The van der Waals surface area contributed by atoms with Gasteiger partial charge in [0.05, 0.1) is 19.5 Å². The smallest absolute Gasteiger partial charge is 0.501 e. The molecule has 0 spiro atoms. The summed E-state index contributed by atoms with van der Waals surface area (Å²) in [6, 6.07) is 23.9. The first-order chi connectivity index (χ1) is 16.2. The number of fused-ring (bicyclic) bond motifs is 1. The zero-order chi connectivity index (χ0) is 23.5. The van der Waals surface area contributed by atoms with Gasteiger partial charge in [-0.1, -0.05) is 18.2 Å². The maximum atomic E-state index is 13.7. The number of aliphatic hydroxyl groups is 1. The molecule has 1 aromatic heterocycles. The van der Waals surface area contributed by atoms with Gasteiger partial charge in [0.25, 0.3) is 0 Å². The van der Waals surface area contributed by atoms with Gasteiger partial charge in [0.2, 0.25) is 0 Å². The number of nitrogens with one attached hydrogen (secondary N) is 1. The van der Waals surface area contributed by atoms with Gasteiger partial charge in [0.1, 0.15) is 12.5 Å². The Morgan fingerprint density at radius 3 is 2.56 bits per heavy atom. The van der Waals surface area contributed by atoms with Gasteiger partial charge >= 0.3 is 51.4 Å². The maximum Gasteiger partial charge on any atom is 1.00 e. The van der Waals surface area contributed by atoms with E-state index < -0.39 is 0 Å². The number of furan rings is 1. The van der Waals surface area contributed by atoms with Crippen molar-refractivity contribution in [2.24, 2.45) is 0 Å². The number of halogens is 1. The number of benzene rings is 3. The molecule has 34 heavy (non-hydrogen) atoms. The molecule has 0 saturated carbocycles. The predicted octanol–water partition coefficient (Wildman–Crippen LogP) is 2.17. The SMILES string of the molecule is C=O.Fc1ccc(-c2ccc(OCc3c[c-]ccc3)cc2)c2ccoc12.OCC1CCCN1.[K+]. The number of carbonyl (C=O) groups excluding carboxylic acids is 1. The van der Waals surface area contributed by atoms with Crippen molar-refractivity contribution in [3.05, 3.63) is 90.4 Å². The molecule has 7 heteroatoms. The average molecular weight is 488 g/mol. The minimum atomic E-state index is -0.349. The summed E-state index contributed by atoms with van der Waals surface area (Å²) in [5, 5.41) is 12.4. The quantitative estimate of drug-likeness (QED) is 0.334. The van der Waals surface area contributed by atoms with Crippen LogP contribution in [0.5, 0.6) is 5.75 Å². The Balaban J connectivity index is 0.000000349. The van der Waals surface area contributed by atoms with Crippen LogP contribution in [-0.4, -0.2) is 31.1 Å². The summed E-state index contributed by atoms with van der Waals surface area (Å²) < 4.78 is 24.7. The van der Waals surface area contributed by atoms with Crippen LogP contribution < -0.4 is 61.4 Å². The molecule has 1 saturated heterocycles. The fourth-order valence-corrected chi connectivity index (χ4v) is 3.61. The minimum Gasteiger partial charge on any atom is -0.501 e. The van der Waals surface area contributed by atoms with E-state index in [4.69, 9.17) is 19.1 Å². The fourth-order valence-electron chi connectivity index (χ4n) is 3.61. The Bertz CT molecular complexity index is 1110. The zero-order valence-corrected chi connectivity index (χ0v) is 22.4. The molecule has 5 rings (SSSR count). The molecule has 3 aromatic carbocycles. The summed E-state index contributed by atoms with van der Waals surface area (Å²) in [6.45, 7) is 3.89. The van der Waals surface area contributed by atoms with Crippen molar-refractivity contribution in [2.45, 2.75) is 25.5 Å². The number of carbonyl (C=O) groups is 1. The van der Waals surface area contributed by atoms with Crippen molar-refractivity contribution >= 4 is 17.8 Å². The average Bonchev–Trinajstić information content (AvgIpc) is 3.59. The van der Waals surface area contributed by atoms with Crippen LogP contribution in [0.3, 0.4) is 0 Å². The molecular formula is C27H27FKNO4. The Hall–Kier alpha value is -1.84. The van der Waals surface area contributed by atoms with Gasteiger partial charge in [-0.25, -0.2) is 4.39 Å². The van der Waals surface area contributed by atoms with Crippen molar-refractivity contribution in [3.63, 3.8) is 0 Å². The van der Waals surface area contributed by atoms with Crippen LogP contribution in [0.25, 0.3) is 22.1 Å². The van der Waals surface area contributed by atoms with Gasteiger partial charge in [-0.2, -0.15) is 30.3 Å². The molecule has 5 nitrogen and oxygen atoms in total. The third kappa shape index (κ3) is 7.85. The topological polar surface area (TPSA) is 71.7 Å². The van der Waals surface area contributed by atoms with Gasteiger partial charge in [0, 0.05) is 11.4 Å². The Morgan fingerprint density at radius 2 is 1.94 bits per heavy atom.